The monoisotopic (exact) mass is 179 g/mol. The number of hydrogen-bond donors (Lipinski definition) is 0. The fourth-order valence-corrected chi connectivity index (χ4v) is 1.08. The van der Waals surface area contributed by atoms with Gasteiger partial charge in [0, 0.05) is 25.7 Å². The highest BCUT2D eigenvalue weighted by Crippen LogP contribution is 2.13. The Bertz CT molecular complexity index is 310. The van der Waals surface area contributed by atoms with Crippen molar-refractivity contribution >= 4 is 5.69 Å². The highest BCUT2D eigenvalue weighted by molar-refractivity contribution is 5.34. The van der Waals surface area contributed by atoms with Gasteiger partial charge in [-0.3, -0.25) is 10.1 Å². The molecule has 4 nitrogen and oxygen atoms in total. The summed E-state index contributed by atoms with van der Waals surface area (Å²) in [5.41, 5.74) is 1.02. The van der Waals surface area contributed by atoms with E-state index >= 15 is 0 Å². The number of nitrogens with zero attached hydrogens (tertiary/aromatic N) is 2. The van der Waals surface area contributed by atoms with Crippen molar-refractivity contribution in [3.8, 4) is 0 Å². The molecule has 0 heterocycles. The van der Waals surface area contributed by atoms with Crippen molar-refractivity contribution in [3.05, 3.63) is 47.0 Å². The van der Waals surface area contributed by atoms with E-state index < -0.39 is 4.92 Å². The van der Waals surface area contributed by atoms with Crippen LogP contribution in [0.3, 0.4) is 0 Å². The Hall–Kier alpha value is -1.42. The number of rotatable bonds is 3. The number of hydrogen-bond acceptors (Lipinski definition) is 3. The molecule has 1 rings (SSSR count). The van der Waals surface area contributed by atoms with Crippen molar-refractivity contribution in [3.63, 3.8) is 0 Å². The summed E-state index contributed by atoms with van der Waals surface area (Å²) in [6.07, 6.45) is 0. The lowest BCUT2D eigenvalue weighted by atomic mass is 10.2. The van der Waals surface area contributed by atoms with Gasteiger partial charge in [-0.2, -0.15) is 0 Å². The Morgan fingerprint density at radius 1 is 1.62 bits per heavy atom. The molecule has 0 aliphatic heterocycles. The van der Waals surface area contributed by atoms with Crippen molar-refractivity contribution in [2.45, 2.75) is 6.54 Å². The lowest BCUT2D eigenvalue weighted by Gasteiger charge is -2.08. The molecule has 0 saturated carbocycles. The number of nitro groups is 1. The maximum atomic E-state index is 10.4. The van der Waals surface area contributed by atoms with Gasteiger partial charge in [-0.05, 0) is 12.6 Å². The average Bonchev–Trinajstić information content (AvgIpc) is 2.03. The molecule has 0 spiro atoms. The summed E-state index contributed by atoms with van der Waals surface area (Å²) in [6.45, 7) is 0.613. The number of non-ortho nitro benzene ring substituents is 1. The first-order valence-corrected chi connectivity index (χ1v) is 3.84. The molecule has 13 heavy (non-hydrogen) atoms. The Kier molecular flexibility index (Phi) is 2.97. The van der Waals surface area contributed by atoms with Gasteiger partial charge in [-0.15, -0.1) is 0 Å². The number of nitro benzene ring substituents is 1. The van der Waals surface area contributed by atoms with Crippen LogP contribution in [0.2, 0.25) is 0 Å². The van der Waals surface area contributed by atoms with Crippen LogP contribution in [0.5, 0.6) is 0 Å². The third kappa shape index (κ3) is 2.83. The van der Waals surface area contributed by atoms with Crippen LogP contribution in [0, 0.1) is 17.2 Å². The molecule has 0 atom stereocenters. The van der Waals surface area contributed by atoms with Crippen molar-refractivity contribution in [1.29, 1.82) is 0 Å². The van der Waals surface area contributed by atoms with E-state index in [-0.39, 0.29) is 5.69 Å². The van der Waals surface area contributed by atoms with Gasteiger partial charge in [-0.1, -0.05) is 12.1 Å². The molecule has 1 aromatic rings. The summed E-state index contributed by atoms with van der Waals surface area (Å²) in [5, 5.41) is 10.4. The van der Waals surface area contributed by atoms with Crippen molar-refractivity contribution in [1.82, 2.24) is 4.90 Å². The topological polar surface area (TPSA) is 46.4 Å². The van der Waals surface area contributed by atoms with Gasteiger partial charge in [0.2, 0.25) is 0 Å². The Labute approximate surface area is 76.9 Å². The maximum Gasteiger partial charge on any atom is 0.269 e. The van der Waals surface area contributed by atoms with Crippen LogP contribution < -0.4 is 0 Å². The molecule has 0 fully saturated rings. The summed E-state index contributed by atoms with van der Waals surface area (Å²) < 4.78 is 0. The molecule has 0 aromatic heterocycles. The Balaban J connectivity index is 2.85. The molecular formula is C9H11N2O2. The van der Waals surface area contributed by atoms with Crippen LogP contribution in [0.1, 0.15) is 5.56 Å². The molecule has 0 bridgehead atoms. The van der Waals surface area contributed by atoms with E-state index in [4.69, 9.17) is 0 Å². The quantitative estimate of drug-likeness (QED) is 0.525. The van der Waals surface area contributed by atoms with E-state index in [1.807, 2.05) is 13.1 Å². The first kappa shape index (κ1) is 9.67. The van der Waals surface area contributed by atoms with Crippen LogP contribution in [0.4, 0.5) is 5.69 Å². The van der Waals surface area contributed by atoms with Crippen LogP contribution >= 0.6 is 0 Å². The minimum absolute atomic E-state index is 0.124. The third-order valence-electron chi connectivity index (χ3n) is 1.57. The largest absolute Gasteiger partial charge is 0.301 e. The smallest absolute Gasteiger partial charge is 0.269 e. The summed E-state index contributed by atoms with van der Waals surface area (Å²) in [6, 6.07) is 6.56. The van der Waals surface area contributed by atoms with Gasteiger partial charge in [0.15, 0.2) is 0 Å². The molecule has 1 radical (unpaired) electrons. The average molecular weight is 179 g/mol. The normalized spacial score (nSPS) is 10.4. The van der Waals surface area contributed by atoms with E-state index in [1.54, 1.807) is 17.0 Å². The van der Waals surface area contributed by atoms with E-state index in [9.17, 15) is 10.1 Å². The molecule has 69 valence electrons. The van der Waals surface area contributed by atoms with E-state index in [2.05, 4.69) is 7.05 Å². The van der Waals surface area contributed by atoms with Crippen LogP contribution in [-0.4, -0.2) is 16.9 Å². The summed E-state index contributed by atoms with van der Waals surface area (Å²) >= 11 is 0. The highest BCUT2D eigenvalue weighted by Gasteiger charge is 2.05. The second-order valence-corrected chi connectivity index (χ2v) is 2.94. The van der Waals surface area contributed by atoms with Gasteiger partial charge in [-0.25, -0.2) is 0 Å². The van der Waals surface area contributed by atoms with Gasteiger partial charge in [0.25, 0.3) is 5.69 Å². The zero-order valence-electron chi connectivity index (χ0n) is 7.43. The minimum Gasteiger partial charge on any atom is -0.301 e. The van der Waals surface area contributed by atoms with E-state index in [0.29, 0.717) is 6.54 Å². The number of benzene rings is 1. The highest BCUT2D eigenvalue weighted by atomic mass is 16.6. The first-order valence-electron chi connectivity index (χ1n) is 3.84. The molecule has 0 aliphatic carbocycles. The second-order valence-electron chi connectivity index (χ2n) is 2.94. The van der Waals surface area contributed by atoms with Crippen LogP contribution in [0.25, 0.3) is 0 Å². The van der Waals surface area contributed by atoms with Crippen LogP contribution in [0.15, 0.2) is 24.3 Å². The lowest BCUT2D eigenvalue weighted by Crippen LogP contribution is -2.07. The van der Waals surface area contributed by atoms with Gasteiger partial charge < -0.3 is 4.90 Å². The summed E-state index contributed by atoms with van der Waals surface area (Å²) in [4.78, 5) is 11.7. The molecule has 1 aromatic carbocycles. The third-order valence-corrected chi connectivity index (χ3v) is 1.57. The summed E-state index contributed by atoms with van der Waals surface area (Å²) in [7, 11) is 5.49. The molecule has 0 amide bonds. The molecule has 0 saturated heterocycles. The van der Waals surface area contributed by atoms with Gasteiger partial charge >= 0.3 is 0 Å². The standard InChI is InChI=1S/C9H11N2O2/c1-10(2)7-8-4-3-5-9(6-8)11(12)13/h3-6H,1,7H2,2H3. The van der Waals surface area contributed by atoms with Crippen molar-refractivity contribution in [2.24, 2.45) is 0 Å². The molecule has 0 unspecified atom stereocenters. The predicted molar refractivity (Wildman–Crippen MR) is 49.9 cm³/mol. The molecule has 4 heteroatoms. The Morgan fingerprint density at radius 2 is 2.31 bits per heavy atom. The summed E-state index contributed by atoms with van der Waals surface area (Å²) in [5.74, 6) is 0. The fraction of sp³-hybridized carbons (Fsp3) is 0.222. The second kappa shape index (κ2) is 4.00. The van der Waals surface area contributed by atoms with Gasteiger partial charge in [0.1, 0.15) is 0 Å². The molecule has 0 N–H and O–H groups in total. The predicted octanol–water partition coefficient (Wildman–Crippen LogP) is 1.82. The van der Waals surface area contributed by atoms with Crippen molar-refractivity contribution in [2.75, 3.05) is 7.05 Å². The van der Waals surface area contributed by atoms with E-state index in [1.165, 1.54) is 6.07 Å². The minimum atomic E-state index is -0.396. The lowest BCUT2D eigenvalue weighted by molar-refractivity contribution is -0.384. The maximum absolute atomic E-state index is 10.4. The Morgan fingerprint density at radius 3 is 2.85 bits per heavy atom. The zero-order chi connectivity index (χ0) is 9.84. The fourth-order valence-electron chi connectivity index (χ4n) is 1.08. The molecular weight excluding hydrogens is 168 g/mol. The SMILES string of the molecule is [CH2]N(C)Cc1cccc([N+](=O)[O-])c1. The van der Waals surface area contributed by atoms with Crippen molar-refractivity contribution < 1.29 is 4.92 Å². The first-order chi connectivity index (χ1) is 6.09. The zero-order valence-corrected chi connectivity index (χ0v) is 7.43. The van der Waals surface area contributed by atoms with E-state index in [0.717, 1.165) is 5.56 Å². The molecule has 0 aliphatic rings. The van der Waals surface area contributed by atoms with Crippen LogP contribution in [-0.2, 0) is 6.54 Å². The van der Waals surface area contributed by atoms with Gasteiger partial charge in [0.05, 0.1) is 4.92 Å².